The van der Waals surface area contributed by atoms with Gasteiger partial charge >= 0.3 is 0 Å². The number of aryl methyl sites for hydroxylation is 1. The Morgan fingerprint density at radius 1 is 1.33 bits per heavy atom. The molecule has 0 aliphatic carbocycles. The minimum Gasteiger partial charge on any atom is -0.495 e. The van der Waals surface area contributed by atoms with Gasteiger partial charge in [-0.05, 0) is 39.3 Å². The largest absolute Gasteiger partial charge is 0.495 e. The van der Waals surface area contributed by atoms with Crippen LogP contribution in [0, 0.1) is 6.92 Å². The lowest BCUT2D eigenvalue weighted by molar-refractivity contribution is -0.120. The quantitative estimate of drug-likeness (QED) is 0.779. The Kier molecular flexibility index (Phi) is 5.88. The number of methoxy groups -OCH3 is 1. The zero-order chi connectivity index (χ0) is 17.7. The fraction of sp³-hybridized carbons (Fsp3) is 0.471. The lowest BCUT2D eigenvalue weighted by Gasteiger charge is -2.24. The van der Waals surface area contributed by atoms with Gasteiger partial charge in [0.05, 0.1) is 18.6 Å². The van der Waals surface area contributed by atoms with Crippen LogP contribution >= 0.6 is 11.8 Å². The third-order valence-electron chi connectivity index (χ3n) is 3.82. The van der Waals surface area contributed by atoms with E-state index >= 15 is 0 Å². The molecular formula is C17H24N4O2S. The van der Waals surface area contributed by atoms with E-state index < -0.39 is 0 Å². The number of thioether (sulfide) groups is 1. The van der Waals surface area contributed by atoms with Gasteiger partial charge in [-0.2, -0.15) is 0 Å². The maximum absolute atomic E-state index is 12.2. The summed E-state index contributed by atoms with van der Waals surface area (Å²) in [5.41, 5.74) is 0.656. The molecule has 0 bridgehead atoms. The maximum Gasteiger partial charge on any atom is 0.230 e. The summed E-state index contributed by atoms with van der Waals surface area (Å²) in [7, 11) is 1.63. The van der Waals surface area contributed by atoms with Crippen molar-refractivity contribution in [2.24, 2.45) is 0 Å². The van der Waals surface area contributed by atoms with E-state index in [4.69, 9.17) is 4.74 Å². The summed E-state index contributed by atoms with van der Waals surface area (Å²) in [5.74, 6) is 1.76. The molecule has 0 fully saturated rings. The van der Waals surface area contributed by atoms with E-state index in [1.54, 1.807) is 7.11 Å². The van der Waals surface area contributed by atoms with Crippen molar-refractivity contribution in [3.8, 4) is 11.4 Å². The van der Waals surface area contributed by atoms with Crippen molar-refractivity contribution in [3.05, 3.63) is 30.1 Å². The van der Waals surface area contributed by atoms with E-state index in [9.17, 15) is 4.79 Å². The third-order valence-corrected chi connectivity index (χ3v) is 4.74. The molecule has 2 aromatic rings. The standard InChI is InChI=1S/C17H24N4O2S/c1-6-17(3,4)18-15(22)11-24-16-20-19-12(2)21(16)13-9-7-8-10-14(13)23-5/h7-10H,6,11H2,1-5H3,(H,18,22). The number of hydrogen-bond donors (Lipinski definition) is 1. The van der Waals surface area contributed by atoms with Gasteiger partial charge in [0.2, 0.25) is 5.91 Å². The van der Waals surface area contributed by atoms with Crippen LogP contribution in [0.5, 0.6) is 5.75 Å². The molecule has 1 N–H and O–H groups in total. The zero-order valence-electron chi connectivity index (χ0n) is 14.8. The van der Waals surface area contributed by atoms with Crippen LogP contribution in [-0.2, 0) is 4.79 Å². The SMILES string of the molecule is CCC(C)(C)NC(=O)CSc1nnc(C)n1-c1ccccc1OC. The van der Waals surface area contributed by atoms with E-state index in [0.29, 0.717) is 5.16 Å². The number of hydrogen-bond acceptors (Lipinski definition) is 5. The Balaban J connectivity index is 2.18. The van der Waals surface area contributed by atoms with Gasteiger partial charge < -0.3 is 10.1 Å². The van der Waals surface area contributed by atoms with Crippen molar-refractivity contribution >= 4 is 17.7 Å². The Morgan fingerprint density at radius 2 is 2.04 bits per heavy atom. The first kappa shape index (κ1) is 18.3. The summed E-state index contributed by atoms with van der Waals surface area (Å²) in [4.78, 5) is 12.2. The van der Waals surface area contributed by atoms with E-state index in [1.165, 1.54) is 11.8 Å². The normalized spacial score (nSPS) is 11.4. The average molecular weight is 348 g/mol. The van der Waals surface area contributed by atoms with Crippen molar-refractivity contribution in [2.45, 2.75) is 44.8 Å². The average Bonchev–Trinajstić information content (AvgIpc) is 2.93. The Morgan fingerprint density at radius 3 is 2.71 bits per heavy atom. The molecule has 1 heterocycles. The Hall–Kier alpha value is -2.02. The number of benzene rings is 1. The molecule has 0 atom stereocenters. The molecule has 24 heavy (non-hydrogen) atoms. The van der Waals surface area contributed by atoms with Crippen LogP contribution < -0.4 is 10.1 Å². The van der Waals surface area contributed by atoms with Gasteiger partial charge in [-0.15, -0.1) is 10.2 Å². The fourth-order valence-electron chi connectivity index (χ4n) is 2.16. The summed E-state index contributed by atoms with van der Waals surface area (Å²) in [5, 5.41) is 12.0. The summed E-state index contributed by atoms with van der Waals surface area (Å²) >= 11 is 1.36. The minimum atomic E-state index is -0.204. The van der Waals surface area contributed by atoms with Gasteiger partial charge in [0.25, 0.3) is 0 Å². The maximum atomic E-state index is 12.2. The van der Waals surface area contributed by atoms with Gasteiger partial charge in [0.1, 0.15) is 11.6 Å². The molecule has 0 saturated heterocycles. The summed E-state index contributed by atoms with van der Waals surface area (Å²) < 4.78 is 7.32. The number of aromatic nitrogens is 3. The minimum absolute atomic E-state index is 0.0147. The summed E-state index contributed by atoms with van der Waals surface area (Å²) in [6, 6.07) is 7.68. The van der Waals surface area contributed by atoms with E-state index in [1.807, 2.05) is 49.6 Å². The zero-order valence-corrected chi connectivity index (χ0v) is 15.6. The van der Waals surface area contributed by atoms with Gasteiger partial charge in [-0.25, -0.2) is 0 Å². The van der Waals surface area contributed by atoms with Gasteiger partial charge in [-0.3, -0.25) is 9.36 Å². The van der Waals surface area contributed by atoms with Crippen molar-refractivity contribution in [2.75, 3.05) is 12.9 Å². The fourth-order valence-corrected chi connectivity index (χ4v) is 2.95. The van der Waals surface area contributed by atoms with Crippen LogP contribution in [0.3, 0.4) is 0 Å². The predicted octanol–water partition coefficient (Wildman–Crippen LogP) is 2.98. The Labute approximate surface area is 147 Å². The molecule has 6 nitrogen and oxygen atoms in total. The van der Waals surface area contributed by atoms with Crippen LogP contribution in [0.25, 0.3) is 5.69 Å². The molecule has 2 rings (SSSR count). The smallest absolute Gasteiger partial charge is 0.230 e. The molecule has 130 valence electrons. The first-order valence-corrected chi connectivity index (χ1v) is 8.85. The molecule has 0 aliphatic heterocycles. The highest BCUT2D eigenvalue weighted by Gasteiger charge is 2.20. The highest BCUT2D eigenvalue weighted by molar-refractivity contribution is 7.99. The monoisotopic (exact) mass is 348 g/mol. The van der Waals surface area contributed by atoms with E-state index in [0.717, 1.165) is 23.7 Å². The molecular weight excluding hydrogens is 324 g/mol. The molecule has 1 amide bonds. The van der Waals surface area contributed by atoms with Crippen LogP contribution in [0.2, 0.25) is 0 Å². The van der Waals surface area contributed by atoms with Crippen LogP contribution in [0.4, 0.5) is 0 Å². The van der Waals surface area contributed by atoms with Crippen molar-refractivity contribution in [3.63, 3.8) is 0 Å². The highest BCUT2D eigenvalue weighted by Crippen LogP contribution is 2.28. The van der Waals surface area contributed by atoms with Gasteiger partial charge in [0, 0.05) is 5.54 Å². The lowest BCUT2D eigenvalue weighted by Crippen LogP contribution is -2.43. The summed E-state index contributed by atoms with van der Waals surface area (Å²) in [6.45, 7) is 7.95. The van der Waals surface area contributed by atoms with Crippen molar-refractivity contribution in [1.29, 1.82) is 0 Å². The first-order valence-electron chi connectivity index (χ1n) is 7.87. The van der Waals surface area contributed by atoms with E-state index in [-0.39, 0.29) is 17.2 Å². The number of nitrogens with zero attached hydrogens (tertiary/aromatic N) is 3. The van der Waals surface area contributed by atoms with Gasteiger partial charge in [-0.1, -0.05) is 30.8 Å². The molecule has 0 radical (unpaired) electrons. The molecule has 1 aromatic heterocycles. The molecule has 0 saturated carbocycles. The van der Waals surface area contributed by atoms with Crippen LogP contribution in [-0.4, -0.2) is 39.1 Å². The molecule has 1 aromatic carbocycles. The number of nitrogens with one attached hydrogen (secondary N) is 1. The van der Waals surface area contributed by atoms with Crippen molar-refractivity contribution < 1.29 is 9.53 Å². The third kappa shape index (κ3) is 4.29. The number of amides is 1. The number of carbonyl (C=O) groups is 1. The molecule has 7 heteroatoms. The van der Waals surface area contributed by atoms with Crippen molar-refractivity contribution in [1.82, 2.24) is 20.1 Å². The van der Waals surface area contributed by atoms with Crippen LogP contribution in [0.15, 0.2) is 29.4 Å². The first-order chi connectivity index (χ1) is 11.4. The molecule has 0 aliphatic rings. The number of para-hydroxylation sites is 2. The van der Waals surface area contributed by atoms with E-state index in [2.05, 4.69) is 22.4 Å². The topological polar surface area (TPSA) is 69.0 Å². The number of ether oxygens (including phenoxy) is 1. The summed E-state index contributed by atoms with van der Waals surface area (Å²) in [6.07, 6.45) is 0.875. The second-order valence-corrected chi connectivity index (χ2v) is 7.05. The second-order valence-electron chi connectivity index (χ2n) is 6.11. The Bertz CT molecular complexity index is 712. The predicted molar refractivity (Wildman–Crippen MR) is 95.9 cm³/mol. The molecule has 0 spiro atoms. The number of rotatable bonds is 7. The molecule has 0 unspecified atom stereocenters. The lowest BCUT2D eigenvalue weighted by atomic mass is 10.0. The number of carbonyl (C=O) groups excluding carboxylic acids is 1. The van der Waals surface area contributed by atoms with Gasteiger partial charge in [0.15, 0.2) is 5.16 Å². The van der Waals surface area contributed by atoms with Crippen LogP contribution in [0.1, 0.15) is 33.0 Å². The highest BCUT2D eigenvalue weighted by atomic mass is 32.2. The second kappa shape index (κ2) is 7.70.